The first-order chi connectivity index (χ1) is 18.5. The van der Waals surface area contributed by atoms with Gasteiger partial charge in [0.15, 0.2) is 11.6 Å². The van der Waals surface area contributed by atoms with Crippen molar-refractivity contribution in [1.29, 1.82) is 0 Å². The van der Waals surface area contributed by atoms with Crippen LogP contribution in [0.25, 0.3) is 0 Å². The number of hydrogen-bond acceptors (Lipinski definition) is 6. The van der Waals surface area contributed by atoms with E-state index < -0.39 is 0 Å². The molecule has 0 atom stereocenters. The zero-order valence-electron chi connectivity index (χ0n) is 21.0. The van der Waals surface area contributed by atoms with E-state index in [9.17, 15) is 19.8 Å². The largest absolute Gasteiger partial charge is 0.507 e. The molecule has 0 saturated carbocycles. The Morgan fingerprint density at radius 3 is 1.29 bits per heavy atom. The van der Waals surface area contributed by atoms with Gasteiger partial charge < -0.3 is 19.7 Å². The molecule has 0 fully saturated rings. The van der Waals surface area contributed by atoms with Crippen molar-refractivity contribution in [3.8, 4) is 23.0 Å². The maximum Gasteiger partial charge on any atom is 0.196 e. The zero-order valence-corrected chi connectivity index (χ0v) is 21.0. The zero-order chi connectivity index (χ0) is 26.7. The second kappa shape index (κ2) is 13.1. The molecule has 0 bridgehead atoms. The number of phenolic OH excluding ortho intramolecular Hbond substituents is 2. The summed E-state index contributed by atoms with van der Waals surface area (Å²) in [5, 5.41) is 20.6. The fourth-order valence-corrected chi connectivity index (χ4v) is 4.01. The van der Waals surface area contributed by atoms with Crippen LogP contribution in [0.1, 0.15) is 57.5 Å². The fraction of sp³-hybridized carbons (Fsp3) is 0.188. The molecule has 0 heterocycles. The van der Waals surface area contributed by atoms with Crippen LogP contribution in [0, 0.1) is 0 Å². The third-order valence-electron chi connectivity index (χ3n) is 6.08. The van der Waals surface area contributed by atoms with E-state index in [1.807, 2.05) is 12.1 Å². The van der Waals surface area contributed by atoms with Crippen LogP contribution in [0.4, 0.5) is 0 Å². The standard InChI is InChI=1S/C32H30O6/c33-29-21-25(15-17-27(29)31(35)23-11-5-3-6-12-23)37-19-9-1-2-10-20-38-26-16-18-28(30(34)22-26)32(36)24-13-7-4-8-14-24/h3-8,11-18,21-22,33-34H,1-2,9-10,19-20H2. The van der Waals surface area contributed by atoms with E-state index in [1.54, 1.807) is 72.8 Å². The van der Waals surface area contributed by atoms with E-state index in [0.717, 1.165) is 25.7 Å². The van der Waals surface area contributed by atoms with Crippen molar-refractivity contribution in [2.24, 2.45) is 0 Å². The lowest BCUT2D eigenvalue weighted by Crippen LogP contribution is -2.03. The van der Waals surface area contributed by atoms with Crippen LogP contribution in [0.15, 0.2) is 97.1 Å². The van der Waals surface area contributed by atoms with Crippen molar-refractivity contribution in [2.45, 2.75) is 25.7 Å². The van der Waals surface area contributed by atoms with Crippen molar-refractivity contribution in [2.75, 3.05) is 13.2 Å². The number of benzene rings is 4. The lowest BCUT2D eigenvalue weighted by molar-refractivity contribution is 0.102. The lowest BCUT2D eigenvalue weighted by Gasteiger charge is -2.10. The van der Waals surface area contributed by atoms with Crippen LogP contribution in [0.2, 0.25) is 0 Å². The van der Waals surface area contributed by atoms with Crippen molar-refractivity contribution in [3.63, 3.8) is 0 Å². The van der Waals surface area contributed by atoms with Crippen LogP contribution < -0.4 is 9.47 Å². The quantitative estimate of drug-likeness (QED) is 0.156. The highest BCUT2D eigenvalue weighted by Crippen LogP contribution is 2.27. The smallest absolute Gasteiger partial charge is 0.196 e. The third kappa shape index (κ3) is 7.01. The van der Waals surface area contributed by atoms with Crippen LogP contribution >= 0.6 is 0 Å². The maximum absolute atomic E-state index is 12.5. The van der Waals surface area contributed by atoms with Crippen molar-refractivity contribution in [1.82, 2.24) is 0 Å². The molecular formula is C32H30O6. The monoisotopic (exact) mass is 510 g/mol. The van der Waals surface area contributed by atoms with Crippen LogP contribution in [0.3, 0.4) is 0 Å². The summed E-state index contributed by atoms with van der Waals surface area (Å²) in [7, 11) is 0. The van der Waals surface area contributed by atoms with Gasteiger partial charge >= 0.3 is 0 Å². The van der Waals surface area contributed by atoms with Gasteiger partial charge in [0.1, 0.15) is 23.0 Å². The first-order valence-electron chi connectivity index (χ1n) is 12.6. The molecule has 2 N–H and O–H groups in total. The molecule has 0 radical (unpaired) electrons. The highest BCUT2D eigenvalue weighted by Gasteiger charge is 2.15. The van der Waals surface area contributed by atoms with Crippen molar-refractivity contribution < 1.29 is 29.3 Å². The summed E-state index contributed by atoms with van der Waals surface area (Å²) in [6, 6.07) is 27.2. The summed E-state index contributed by atoms with van der Waals surface area (Å²) < 4.78 is 11.4. The summed E-state index contributed by atoms with van der Waals surface area (Å²) in [6.07, 6.45) is 3.55. The Labute approximate surface area is 222 Å². The molecule has 6 nitrogen and oxygen atoms in total. The molecule has 0 aliphatic heterocycles. The number of aromatic hydroxyl groups is 2. The second-order valence-corrected chi connectivity index (χ2v) is 8.86. The van der Waals surface area contributed by atoms with Crippen molar-refractivity contribution >= 4 is 11.6 Å². The Bertz CT molecular complexity index is 1260. The van der Waals surface area contributed by atoms with Gasteiger partial charge in [0, 0.05) is 23.3 Å². The van der Waals surface area contributed by atoms with Gasteiger partial charge in [-0.1, -0.05) is 60.7 Å². The van der Waals surface area contributed by atoms with Gasteiger partial charge in [-0.15, -0.1) is 0 Å². The number of phenols is 2. The molecule has 0 spiro atoms. The van der Waals surface area contributed by atoms with Gasteiger partial charge in [-0.2, -0.15) is 0 Å². The minimum Gasteiger partial charge on any atom is -0.507 e. The van der Waals surface area contributed by atoms with Gasteiger partial charge in [-0.3, -0.25) is 9.59 Å². The number of hydrogen-bond donors (Lipinski definition) is 2. The second-order valence-electron chi connectivity index (χ2n) is 8.86. The Kier molecular flexibility index (Phi) is 9.13. The first-order valence-corrected chi connectivity index (χ1v) is 12.6. The Balaban J connectivity index is 1.13. The van der Waals surface area contributed by atoms with Crippen LogP contribution in [-0.4, -0.2) is 35.0 Å². The predicted molar refractivity (Wildman–Crippen MR) is 145 cm³/mol. The topological polar surface area (TPSA) is 93.1 Å². The predicted octanol–water partition coefficient (Wildman–Crippen LogP) is 6.58. The van der Waals surface area contributed by atoms with Gasteiger partial charge in [0.05, 0.1) is 24.3 Å². The summed E-state index contributed by atoms with van der Waals surface area (Å²) in [5.41, 5.74) is 1.53. The SMILES string of the molecule is O=C(c1ccccc1)c1ccc(OCCCCCCOc2ccc(C(=O)c3ccccc3)c(O)c2)cc1O. The Morgan fingerprint density at radius 2 is 0.921 bits per heavy atom. The number of unbranched alkanes of at least 4 members (excludes halogenated alkanes) is 3. The average molecular weight is 511 g/mol. The number of carbonyl (C=O) groups excluding carboxylic acids is 2. The molecule has 0 aliphatic rings. The Hall–Kier alpha value is -4.58. The van der Waals surface area contributed by atoms with Gasteiger partial charge in [-0.25, -0.2) is 0 Å². The summed E-state index contributed by atoms with van der Waals surface area (Å²) in [4.78, 5) is 25.1. The molecule has 6 heteroatoms. The molecule has 4 aromatic carbocycles. The normalized spacial score (nSPS) is 10.6. The summed E-state index contributed by atoms with van der Waals surface area (Å²) in [6.45, 7) is 0.994. The highest BCUT2D eigenvalue weighted by atomic mass is 16.5. The molecule has 4 rings (SSSR count). The van der Waals surface area contributed by atoms with E-state index in [4.69, 9.17) is 9.47 Å². The third-order valence-corrected chi connectivity index (χ3v) is 6.08. The molecule has 0 aliphatic carbocycles. The minimum atomic E-state index is -0.233. The van der Waals surface area contributed by atoms with Gasteiger partial charge in [-0.05, 0) is 49.9 Å². The van der Waals surface area contributed by atoms with Gasteiger partial charge in [0.2, 0.25) is 0 Å². The molecule has 0 unspecified atom stereocenters. The van der Waals surface area contributed by atoms with E-state index in [1.165, 1.54) is 12.1 Å². The van der Waals surface area contributed by atoms with Gasteiger partial charge in [0.25, 0.3) is 0 Å². The fourth-order valence-electron chi connectivity index (χ4n) is 4.01. The number of ether oxygens (including phenoxy) is 2. The average Bonchev–Trinajstić information content (AvgIpc) is 2.95. The summed E-state index contributed by atoms with van der Waals surface area (Å²) >= 11 is 0. The molecule has 194 valence electrons. The van der Waals surface area contributed by atoms with E-state index in [2.05, 4.69) is 0 Å². The number of ketones is 2. The molecule has 0 saturated heterocycles. The maximum atomic E-state index is 12.5. The summed E-state index contributed by atoms with van der Waals surface area (Å²) in [5.74, 6) is 0.371. The highest BCUT2D eigenvalue weighted by molar-refractivity contribution is 6.11. The van der Waals surface area contributed by atoms with Crippen LogP contribution in [-0.2, 0) is 0 Å². The van der Waals surface area contributed by atoms with E-state index >= 15 is 0 Å². The number of rotatable bonds is 13. The molecule has 0 amide bonds. The van der Waals surface area contributed by atoms with E-state index in [0.29, 0.717) is 35.8 Å². The Morgan fingerprint density at radius 1 is 0.526 bits per heavy atom. The lowest BCUT2D eigenvalue weighted by atomic mass is 10.0. The molecule has 4 aromatic rings. The molecule has 38 heavy (non-hydrogen) atoms. The first kappa shape index (κ1) is 26.5. The minimum absolute atomic E-state index is 0.1000. The molecular weight excluding hydrogens is 480 g/mol. The van der Waals surface area contributed by atoms with Crippen LogP contribution in [0.5, 0.6) is 23.0 Å². The van der Waals surface area contributed by atoms with Crippen molar-refractivity contribution in [3.05, 3.63) is 119 Å². The van der Waals surface area contributed by atoms with E-state index in [-0.39, 0.29) is 34.2 Å². The number of carbonyl (C=O) groups is 2. The molecule has 0 aromatic heterocycles.